The summed E-state index contributed by atoms with van der Waals surface area (Å²) in [6.07, 6.45) is 5.16. The Labute approximate surface area is 93.5 Å². The second-order valence-corrected chi connectivity index (χ2v) is 4.28. The van der Waals surface area contributed by atoms with Crippen LogP contribution in [0, 0.1) is 0 Å². The molecule has 0 amide bonds. The number of ether oxygens (including phenoxy) is 1. The van der Waals surface area contributed by atoms with Gasteiger partial charge in [0.05, 0.1) is 12.2 Å². The molecule has 0 radical (unpaired) electrons. The third-order valence-electron chi connectivity index (χ3n) is 2.77. The van der Waals surface area contributed by atoms with Crippen molar-refractivity contribution in [3.63, 3.8) is 0 Å². The molecule has 15 heavy (non-hydrogen) atoms. The minimum atomic E-state index is 0.415. The van der Waals surface area contributed by atoms with Crippen molar-refractivity contribution in [1.82, 2.24) is 10.2 Å². The summed E-state index contributed by atoms with van der Waals surface area (Å²) in [6.45, 7) is 9.86. The second-order valence-electron chi connectivity index (χ2n) is 4.28. The molecule has 0 aromatic heterocycles. The van der Waals surface area contributed by atoms with Crippen molar-refractivity contribution in [1.29, 1.82) is 0 Å². The molecule has 0 aromatic rings. The van der Waals surface area contributed by atoms with Crippen LogP contribution in [0.2, 0.25) is 0 Å². The van der Waals surface area contributed by atoms with Crippen LogP contribution in [0.1, 0.15) is 19.8 Å². The van der Waals surface area contributed by atoms with E-state index < -0.39 is 0 Å². The maximum absolute atomic E-state index is 5.94. The van der Waals surface area contributed by atoms with Gasteiger partial charge < -0.3 is 15.0 Å². The zero-order valence-electron chi connectivity index (χ0n) is 10.0. The second kappa shape index (κ2) is 6.99. The average Bonchev–Trinajstić information content (AvgIpc) is 2.63. The van der Waals surface area contributed by atoms with Gasteiger partial charge in [-0.05, 0) is 26.4 Å². The molecular formula is C12H24N2O. The van der Waals surface area contributed by atoms with Crippen LogP contribution in [0.5, 0.6) is 0 Å². The van der Waals surface area contributed by atoms with Gasteiger partial charge in [0.2, 0.25) is 0 Å². The maximum atomic E-state index is 5.94. The summed E-state index contributed by atoms with van der Waals surface area (Å²) in [5.74, 6) is 0. The van der Waals surface area contributed by atoms with Gasteiger partial charge in [0.1, 0.15) is 0 Å². The highest BCUT2D eigenvalue weighted by atomic mass is 16.5. The van der Waals surface area contributed by atoms with Crippen LogP contribution in [0.25, 0.3) is 0 Å². The molecule has 3 heteroatoms. The molecule has 1 heterocycles. The summed E-state index contributed by atoms with van der Waals surface area (Å²) in [4.78, 5) is 2.26. The van der Waals surface area contributed by atoms with Crippen molar-refractivity contribution in [3.05, 3.63) is 12.7 Å². The number of hydrogen-bond donors (Lipinski definition) is 1. The van der Waals surface area contributed by atoms with E-state index in [1.54, 1.807) is 0 Å². The van der Waals surface area contributed by atoms with Gasteiger partial charge in [-0.2, -0.15) is 0 Å². The molecule has 1 N–H and O–H groups in total. The molecular weight excluding hydrogens is 188 g/mol. The number of hydrogen-bond acceptors (Lipinski definition) is 3. The standard InChI is InChI=1S/C12H24N2O/c1-4-8-14(3)10-12-7-6-11(15-12)9-13-5-2/h4,11-13H,1,5-10H2,2-3H3. The van der Waals surface area contributed by atoms with E-state index in [0.29, 0.717) is 12.2 Å². The Morgan fingerprint density at radius 3 is 2.87 bits per heavy atom. The zero-order valence-corrected chi connectivity index (χ0v) is 10.0. The maximum Gasteiger partial charge on any atom is 0.0707 e. The lowest BCUT2D eigenvalue weighted by Gasteiger charge is -2.20. The first-order valence-corrected chi connectivity index (χ1v) is 5.91. The predicted octanol–water partition coefficient (Wildman–Crippen LogP) is 1.26. The quantitative estimate of drug-likeness (QED) is 0.643. The third kappa shape index (κ3) is 4.78. The largest absolute Gasteiger partial charge is 0.372 e. The normalized spacial score (nSPS) is 26.1. The molecule has 1 rings (SSSR count). The number of likely N-dealkylation sites (N-methyl/N-ethyl adjacent to an activating group) is 2. The highest BCUT2D eigenvalue weighted by Gasteiger charge is 2.25. The van der Waals surface area contributed by atoms with Crippen molar-refractivity contribution in [2.75, 3.05) is 33.2 Å². The number of rotatable bonds is 7. The van der Waals surface area contributed by atoms with Gasteiger partial charge in [0, 0.05) is 19.6 Å². The monoisotopic (exact) mass is 212 g/mol. The lowest BCUT2D eigenvalue weighted by atomic mass is 10.2. The van der Waals surface area contributed by atoms with Gasteiger partial charge in [-0.3, -0.25) is 0 Å². The first-order chi connectivity index (χ1) is 7.26. The van der Waals surface area contributed by atoms with Crippen LogP contribution in [-0.2, 0) is 4.74 Å². The summed E-state index contributed by atoms with van der Waals surface area (Å²) >= 11 is 0. The average molecular weight is 212 g/mol. The zero-order chi connectivity index (χ0) is 11.1. The minimum absolute atomic E-state index is 0.415. The minimum Gasteiger partial charge on any atom is -0.372 e. The Hall–Kier alpha value is -0.380. The van der Waals surface area contributed by atoms with Crippen molar-refractivity contribution in [3.8, 4) is 0 Å². The Kier molecular flexibility index (Phi) is 5.91. The van der Waals surface area contributed by atoms with Crippen molar-refractivity contribution in [2.24, 2.45) is 0 Å². The van der Waals surface area contributed by atoms with Crippen molar-refractivity contribution >= 4 is 0 Å². The molecule has 0 aliphatic carbocycles. The van der Waals surface area contributed by atoms with Gasteiger partial charge in [-0.15, -0.1) is 6.58 Å². The van der Waals surface area contributed by atoms with Gasteiger partial charge in [0.25, 0.3) is 0 Å². The lowest BCUT2D eigenvalue weighted by molar-refractivity contribution is 0.0299. The smallest absolute Gasteiger partial charge is 0.0707 e. The number of nitrogens with one attached hydrogen (secondary N) is 1. The van der Waals surface area contributed by atoms with Crippen molar-refractivity contribution < 1.29 is 4.74 Å². The molecule has 3 nitrogen and oxygen atoms in total. The molecule has 0 aromatic carbocycles. The van der Waals surface area contributed by atoms with Crippen LogP contribution in [-0.4, -0.2) is 50.3 Å². The summed E-state index contributed by atoms with van der Waals surface area (Å²) in [6, 6.07) is 0. The molecule has 0 saturated carbocycles. The molecule has 0 spiro atoms. The molecule has 88 valence electrons. The van der Waals surface area contributed by atoms with Crippen molar-refractivity contribution in [2.45, 2.75) is 32.0 Å². The Morgan fingerprint density at radius 2 is 2.20 bits per heavy atom. The SMILES string of the molecule is C=CCN(C)CC1CCC(CNCC)O1. The van der Waals surface area contributed by atoms with Gasteiger partial charge in [-0.25, -0.2) is 0 Å². The molecule has 2 unspecified atom stereocenters. The summed E-state index contributed by atoms with van der Waals surface area (Å²) in [5.41, 5.74) is 0. The molecule has 0 bridgehead atoms. The Bertz CT molecular complexity index is 184. The molecule has 1 aliphatic rings. The summed E-state index contributed by atoms with van der Waals surface area (Å²) < 4.78 is 5.94. The van der Waals surface area contributed by atoms with Crippen LogP contribution in [0.4, 0.5) is 0 Å². The van der Waals surface area contributed by atoms with Crippen LogP contribution in [0.3, 0.4) is 0 Å². The van der Waals surface area contributed by atoms with Crippen LogP contribution < -0.4 is 5.32 Å². The van der Waals surface area contributed by atoms with E-state index in [0.717, 1.165) is 26.2 Å². The van der Waals surface area contributed by atoms with E-state index >= 15 is 0 Å². The predicted molar refractivity (Wildman–Crippen MR) is 64.1 cm³/mol. The molecule has 2 atom stereocenters. The van der Waals surface area contributed by atoms with E-state index in [-0.39, 0.29) is 0 Å². The molecule has 1 saturated heterocycles. The van der Waals surface area contributed by atoms with E-state index in [1.807, 2.05) is 6.08 Å². The summed E-state index contributed by atoms with van der Waals surface area (Å²) in [5, 5.41) is 3.33. The van der Waals surface area contributed by atoms with E-state index in [1.165, 1.54) is 12.8 Å². The Morgan fingerprint density at radius 1 is 1.47 bits per heavy atom. The lowest BCUT2D eigenvalue weighted by Crippen LogP contribution is -2.31. The highest BCUT2D eigenvalue weighted by molar-refractivity contribution is 4.79. The topological polar surface area (TPSA) is 24.5 Å². The van der Waals surface area contributed by atoms with Gasteiger partial charge in [-0.1, -0.05) is 13.0 Å². The van der Waals surface area contributed by atoms with Crippen LogP contribution in [0.15, 0.2) is 12.7 Å². The fraction of sp³-hybridized carbons (Fsp3) is 0.833. The molecule has 1 fully saturated rings. The van der Waals surface area contributed by atoms with E-state index in [2.05, 4.69) is 30.8 Å². The molecule has 1 aliphatic heterocycles. The fourth-order valence-electron chi connectivity index (χ4n) is 2.01. The Balaban J connectivity index is 2.15. The first kappa shape index (κ1) is 12.7. The van der Waals surface area contributed by atoms with E-state index in [9.17, 15) is 0 Å². The van der Waals surface area contributed by atoms with Gasteiger partial charge >= 0.3 is 0 Å². The number of nitrogens with zero attached hydrogens (tertiary/aromatic N) is 1. The highest BCUT2D eigenvalue weighted by Crippen LogP contribution is 2.19. The fourth-order valence-corrected chi connectivity index (χ4v) is 2.01. The summed E-state index contributed by atoms with van der Waals surface area (Å²) in [7, 11) is 2.11. The third-order valence-corrected chi connectivity index (χ3v) is 2.77. The van der Waals surface area contributed by atoms with Gasteiger partial charge in [0.15, 0.2) is 0 Å². The first-order valence-electron chi connectivity index (χ1n) is 5.91. The van der Waals surface area contributed by atoms with E-state index in [4.69, 9.17) is 4.74 Å². The van der Waals surface area contributed by atoms with Crippen LogP contribution >= 0.6 is 0 Å².